The zero-order valence-electron chi connectivity index (χ0n) is 14.6. The molecule has 1 aliphatic heterocycles. The Labute approximate surface area is 153 Å². The Hall–Kier alpha value is -2.48. The molecule has 1 amide bonds. The second-order valence-corrected chi connectivity index (χ2v) is 8.51. The van der Waals surface area contributed by atoms with Crippen LogP contribution >= 0.6 is 0 Å². The van der Waals surface area contributed by atoms with E-state index in [0.717, 1.165) is 11.3 Å². The number of hydrogen-bond donors (Lipinski definition) is 1. The van der Waals surface area contributed by atoms with Gasteiger partial charge in [-0.25, -0.2) is 8.42 Å². The maximum Gasteiger partial charge on any atom is 0.270 e. The second-order valence-electron chi connectivity index (χ2n) is 6.29. The summed E-state index contributed by atoms with van der Waals surface area (Å²) in [6.07, 6.45) is 5.57. The van der Waals surface area contributed by atoms with Crippen molar-refractivity contribution in [3.63, 3.8) is 0 Å². The van der Waals surface area contributed by atoms with Crippen LogP contribution in [0.1, 0.15) is 29.4 Å². The number of carbonyl (C=O) groups is 1. The lowest BCUT2D eigenvalue weighted by Crippen LogP contribution is -2.36. The molecule has 8 heteroatoms. The third-order valence-corrected chi connectivity index (χ3v) is 6.22. The molecule has 1 N–H and O–H groups in total. The van der Waals surface area contributed by atoms with Crippen LogP contribution in [0.5, 0.6) is 0 Å². The molecule has 1 saturated heterocycles. The van der Waals surface area contributed by atoms with Crippen LogP contribution in [-0.2, 0) is 16.4 Å². The van der Waals surface area contributed by atoms with Crippen molar-refractivity contribution in [2.75, 3.05) is 23.0 Å². The van der Waals surface area contributed by atoms with Gasteiger partial charge in [0.2, 0.25) is 0 Å². The molecule has 1 aliphatic rings. The van der Waals surface area contributed by atoms with Crippen molar-refractivity contribution in [2.24, 2.45) is 0 Å². The van der Waals surface area contributed by atoms with Gasteiger partial charge in [-0.2, -0.15) is 0 Å². The number of sulfone groups is 1. The molecule has 2 aromatic rings. The smallest absolute Gasteiger partial charge is 0.270 e. The lowest BCUT2D eigenvalue weighted by atomic mass is 10.2. The molecule has 0 aromatic carbocycles. The van der Waals surface area contributed by atoms with Gasteiger partial charge in [-0.1, -0.05) is 6.07 Å². The highest BCUT2D eigenvalue weighted by atomic mass is 32.2. The Bertz CT molecular complexity index is 871. The summed E-state index contributed by atoms with van der Waals surface area (Å²) < 4.78 is 23.6. The highest BCUT2D eigenvalue weighted by Gasteiger charge is 2.32. The Kier molecular flexibility index (Phi) is 5.51. The van der Waals surface area contributed by atoms with E-state index < -0.39 is 9.84 Å². The van der Waals surface area contributed by atoms with Crippen molar-refractivity contribution in [1.29, 1.82) is 0 Å². The van der Waals surface area contributed by atoms with E-state index in [2.05, 4.69) is 15.3 Å². The summed E-state index contributed by atoms with van der Waals surface area (Å²) in [5.41, 5.74) is 2.03. The Morgan fingerprint density at radius 2 is 2.19 bits per heavy atom. The first-order chi connectivity index (χ1) is 12.5. The Morgan fingerprint density at radius 3 is 2.85 bits per heavy atom. The number of nitrogens with zero attached hydrogens (tertiary/aromatic N) is 3. The molecule has 2 aromatic heterocycles. The molecule has 0 aliphatic carbocycles. The van der Waals surface area contributed by atoms with Gasteiger partial charge < -0.3 is 10.2 Å². The first kappa shape index (κ1) is 18.3. The van der Waals surface area contributed by atoms with E-state index in [9.17, 15) is 13.2 Å². The third-order valence-electron chi connectivity index (χ3n) is 4.47. The molecule has 0 radical (unpaired) electrons. The number of amides is 1. The van der Waals surface area contributed by atoms with Crippen molar-refractivity contribution in [1.82, 2.24) is 15.3 Å². The van der Waals surface area contributed by atoms with Gasteiger partial charge in [0.25, 0.3) is 5.91 Å². The fourth-order valence-electron chi connectivity index (χ4n) is 3.17. The number of nitrogens with one attached hydrogen (secondary N) is 1. The van der Waals surface area contributed by atoms with Crippen molar-refractivity contribution in [2.45, 2.75) is 25.9 Å². The summed E-state index contributed by atoms with van der Waals surface area (Å²) in [7, 11) is -2.97. The molecule has 1 atom stereocenters. The molecule has 3 heterocycles. The highest BCUT2D eigenvalue weighted by molar-refractivity contribution is 7.91. The summed E-state index contributed by atoms with van der Waals surface area (Å²) in [6.45, 7) is 3.02. The molecule has 3 rings (SSSR count). The minimum Gasteiger partial charge on any atom is -0.368 e. The summed E-state index contributed by atoms with van der Waals surface area (Å²) >= 11 is 0. The van der Waals surface area contributed by atoms with Gasteiger partial charge in [0, 0.05) is 43.4 Å². The minimum absolute atomic E-state index is 0.0568. The zero-order chi connectivity index (χ0) is 18.6. The van der Waals surface area contributed by atoms with Gasteiger partial charge in [-0.3, -0.25) is 14.8 Å². The zero-order valence-corrected chi connectivity index (χ0v) is 15.4. The third kappa shape index (κ3) is 4.37. The first-order valence-corrected chi connectivity index (χ1v) is 10.4. The van der Waals surface area contributed by atoms with Crippen LogP contribution in [0.2, 0.25) is 0 Å². The van der Waals surface area contributed by atoms with E-state index in [1.807, 2.05) is 30.0 Å². The van der Waals surface area contributed by atoms with Crippen molar-refractivity contribution >= 4 is 21.4 Å². The number of pyridine rings is 2. The monoisotopic (exact) mass is 374 g/mol. The number of carbonyl (C=O) groups excluding carboxylic acids is 1. The largest absolute Gasteiger partial charge is 0.368 e. The lowest BCUT2D eigenvalue weighted by Gasteiger charge is -2.29. The molecule has 0 spiro atoms. The van der Waals surface area contributed by atoms with Crippen LogP contribution in [0.4, 0.5) is 5.69 Å². The molecule has 138 valence electrons. The Morgan fingerprint density at radius 1 is 1.35 bits per heavy atom. The topological polar surface area (TPSA) is 92.3 Å². The summed E-state index contributed by atoms with van der Waals surface area (Å²) in [4.78, 5) is 22.6. The molecule has 7 nitrogen and oxygen atoms in total. The minimum atomic E-state index is -2.97. The van der Waals surface area contributed by atoms with Gasteiger partial charge >= 0.3 is 0 Å². The van der Waals surface area contributed by atoms with Crippen LogP contribution in [0, 0.1) is 0 Å². The van der Waals surface area contributed by atoms with Crippen LogP contribution in [0.3, 0.4) is 0 Å². The molecule has 1 fully saturated rings. The van der Waals surface area contributed by atoms with E-state index in [4.69, 9.17) is 0 Å². The van der Waals surface area contributed by atoms with E-state index in [1.54, 1.807) is 24.7 Å². The Balaban J connectivity index is 1.71. The van der Waals surface area contributed by atoms with Crippen molar-refractivity contribution in [3.05, 3.63) is 54.1 Å². The van der Waals surface area contributed by atoms with Crippen LogP contribution in [0.15, 0.2) is 42.9 Å². The van der Waals surface area contributed by atoms with Gasteiger partial charge in [0.15, 0.2) is 9.84 Å². The SMILES string of the molecule is CCN(c1ccnc(C(=O)NCc2cccnc2)c1)C1CCS(=O)(=O)C1. The number of hydrogen-bond acceptors (Lipinski definition) is 6. The average molecular weight is 374 g/mol. The molecule has 1 unspecified atom stereocenters. The average Bonchev–Trinajstić information content (AvgIpc) is 3.01. The fourth-order valence-corrected chi connectivity index (χ4v) is 4.90. The van der Waals surface area contributed by atoms with Gasteiger partial charge in [0.1, 0.15) is 5.69 Å². The van der Waals surface area contributed by atoms with Gasteiger partial charge in [-0.15, -0.1) is 0 Å². The highest BCUT2D eigenvalue weighted by Crippen LogP contribution is 2.24. The number of aromatic nitrogens is 2. The quantitative estimate of drug-likeness (QED) is 0.822. The van der Waals surface area contributed by atoms with E-state index in [-0.39, 0.29) is 23.5 Å². The van der Waals surface area contributed by atoms with Crippen LogP contribution in [0.25, 0.3) is 0 Å². The normalized spacial score (nSPS) is 18.4. The number of rotatable bonds is 6. The first-order valence-electron chi connectivity index (χ1n) is 8.59. The van der Waals surface area contributed by atoms with E-state index >= 15 is 0 Å². The van der Waals surface area contributed by atoms with Crippen molar-refractivity contribution < 1.29 is 13.2 Å². The second kappa shape index (κ2) is 7.82. The summed E-state index contributed by atoms with van der Waals surface area (Å²) in [5.74, 6) is 0.106. The predicted octanol–water partition coefficient (Wildman–Crippen LogP) is 1.42. The predicted molar refractivity (Wildman–Crippen MR) is 99.7 cm³/mol. The maximum absolute atomic E-state index is 12.4. The molecular formula is C18H22N4O3S. The lowest BCUT2D eigenvalue weighted by molar-refractivity contribution is 0.0946. The van der Waals surface area contributed by atoms with Crippen LogP contribution in [-0.4, -0.2) is 48.4 Å². The molecule has 26 heavy (non-hydrogen) atoms. The molecule has 0 bridgehead atoms. The van der Waals surface area contributed by atoms with Gasteiger partial charge in [-0.05, 0) is 37.1 Å². The van der Waals surface area contributed by atoms with E-state index in [0.29, 0.717) is 25.2 Å². The van der Waals surface area contributed by atoms with Crippen molar-refractivity contribution in [3.8, 4) is 0 Å². The fraction of sp³-hybridized carbons (Fsp3) is 0.389. The van der Waals surface area contributed by atoms with Crippen LogP contribution < -0.4 is 10.2 Å². The maximum atomic E-state index is 12.4. The standard InChI is InChI=1S/C18H22N4O3S/c1-2-22(16-6-9-26(24,25)13-16)15-5-8-20-17(10-15)18(23)21-12-14-4-3-7-19-11-14/h3-5,7-8,10-11,16H,2,6,9,12-13H2,1H3,(H,21,23). The van der Waals surface area contributed by atoms with Gasteiger partial charge in [0.05, 0.1) is 11.5 Å². The number of anilines is 1. The summed E-state index contributed by atoms with van der Waals surface area (Å²) in [6, 6.07) is 7.17. The molecule has 0 saturated carbocycles. The van der Waals surface area contributed by atoms with E-state index in [1.165, 1.54) is 0 Å². The molecular weight excluding hydrogens is 352 g/mol. The summed E-state index contributed by atoms with van der Waals surface area (Å²) in [5, 5.41) is 2.83.